The van der Waals surface area contributed by atoms with Crippen LogP contribution in [0.1, 0.15) is 37.7 Å². The zero-order chi connectivity index (χ0) is 14.8. The summed E-state index contributed by atoms with van der Waals surface area (Å²) < 4.78 is 44.2. The van der Waals surface area contributed by atoms with E-state index in [-0.39, 0.29) is 11.9 Å². The number of hydrogen-bond acceptors (Lipinski definition) is 3. The second-order valence-corrected chi connectivity index (χ2v) is 4.81. The van der Waals surface area contributed by atoms with Gasteiger partial charge < -0.3 is 4.74 Å². The lowest BCUT2D eigenvalue weighted by atomic mass is 9.97. The number of nitrogens with zero attached hydrogens (tertiary/aromatic N) is 1. The van der Waals surface area contributed by atoms with Crippen molar-refractivity contribution in [2.24, 2.45) is 0 Å². The monoisotopic (exact) mass is 289 g/mol. The predicted octanol–water partition coefficient (Wildman–Crippen LogP) is 4.33. The Morgan fingerprint density at radius 3 is 2.40 bits per heavy atom. The molecule has 1 aromatic rings. The molecule has 110 valence electrons. The molecule has 0 N–H and O–H groups in total. The zero-order valence-corrected chi connectivity index (χ0v) is 10.7. The lowest BCUT2D eigenvalue weighted by molar-refractivity contribution is -0.385. The molecule has 1 aliphatic carbocycles. The van der Waals surface area contributed by atoms with Gasteiger partial charge >= 0.3 is 6.18 Å². The van der Waals surface area contributed by atoms with Crippen molar-refractivity contribution in [1.29, 1.82) is 0 Å². The van der Waals surface area contributed by atoms with Gasteiger partial charge in [0, 0.05) is 12.1 Å². The van der Waals surface area contributed by atoms with Gasteiger partial charge in [0.1, 0.15) is 11.3 Å². The van der Waals surface area contributed by atoms with E-state index in [1.54, 1.807) is 0 Å². The molecule has 0 heterocycles. The van der Waals surface area contributed by atoms with Gasteiger partial charge in [-0.3, -0.25) is 10.1 Å². The van der Waals surface area contributed by atoms with Crippen molar-refractivity contribution >= 4 is 5.69 Å². The summed E-state index contributed by atoms with van der Waals surface area (Å²) in [6.07, 6.45) is -0.561. The lowest BCUT2D eigenvalue weighted by Gasteiger charge is -2.24. The summed E-state index contributed by atoms with van der Waals surface area (Å²) in [6, 6.07) is 2.60. The van der Waals surface area contributed by atoms with E-state index in [2.05, 4.69) is 0 Å². The van der Waals surface area contributed by atoms with E-state index in [1.165, 1.54) is 0 Å². The van der Waals surface area contributed by atoms with E-state index in [4.69, 9.17) is 4.74 Å². The second kappa shape index (κ2) is 5.68. The lowest BCUT2D eigenvalue weighted by Crippen LogP contribution is -2.21. The van der Waals surface area contributed by atoms with Crippen molar-refractivity contribution in [3.63, 3.8) is 0 Å². The van der Waals surface area contributed by atoms with Gasteiger partial charge in [-0.05, 0) is 31.7 Å². The van der Waals surface area contributed by atoms with E-state index in [0.29, 0.717) is 18.9 Å². The molecule has 0 amide bonds. The van der Waals surface area contributed by atoms with Crippen LogP contribution in [0.25, 0.3) is 0 Å². The molecule has 20 heavy (non-hydrogen) atoms. The maximum absolute atomic E-state index is 12.9. The fourth-order valence-electron chi connectivity index (χ4n) is 2.32. The van der Waals surface area contributed by atoms with Crippen molar-refractivity contribution in [1.82, 2.24) is 0 Å². The number of ether oxygens (including phenoxy) is 1. The molecule has 2 rings (SSSR count). The summed E-state index contributed by atoms with van der Waals surface area (Å²) in [4.78, 5) is 9.73. The molecule has 1 aliphatic rings. The Hall–Kier alpha value is -1.79. The average Bonchev–Trinajstić information content (AvgIpc) is 2.39. The standard InChI is InChI=1S/C13H14F3NO3/c14-13(15,16)11-8-9(17(18)19)6-7-12(11)20-10-4-2-1-3-5-10/h6-8,10H,1-5H2. The van der Waals surface area contributed by atoms with E-state index in [0.717, 1.165) is 31.4 Å². The molecule has 0 saturated heterocycles. The average molecular weight is 289 g/mol. The van der Waals surface area contributed by atoms with Gasteiger partial charge in [-0.15, -0.1) is 0 Å². The predicted molar refractivity (Wildman–Crippen MR) is 65.6 cm³/mol. The number of non-ortho nitro benzene ring substituents is 1. The number of nitro benzene ring substituents is 1. The summed E-state index contributed by atoms with van der Waals surface area (Å²) >= 11 is 0. The highest BCUT2D eigenvalue weighted by Crippen LogP contribution is 2.39. The highest BCUT2D eigenvalue weighted by Gasteiger charge is 2.36. The van der Waals surface area contributed by atoms with Crippen molar-refractivity contribution in [2.45, 2.75) is 44.4 Å². The van der Waals surface area contributed by atoms with Gasteiger partial charge in [0.2, 0.25) is 0 Å². The highest BCUT2D eigenvalue weighted by molar-refractivity contribution is 5.45. The minimum Gasteiger partial charge on any atom is -0.490 e. The van der Waals surface area contributed by atoms with Gasteiger partial charge in [0.25, 0.3) is 5.69 Å². The molecule has 1 fully saturated rings. The topological polar surface area (TPSA) is 52.4 Å². The van der Waals surface area contributed by atoms with E-state index < -0.39 is 22.4 Å². The van der Waals surface area contributed by atoms with Crippen molar-refractivity contribution in [3.05, 3.63) is 33.9 Å². The minimum atomic E-state index is -4.67. The molecule has 0 unspecified atom stereocenters. The molecular weight excluding hydrogens is 275 g/mol. The Labute approximate surface area is 113 Å². The van der Waals surface area contributed by atoms with Crippen LogP contribution in [0, 0.1) is 10.1 Å². The molecule has 0 aliphatic heterocycles. The Balaban J connectivity index is 2.28. The largest absolute Gasteiger partial charge is 0.490 e. The van der Waals surface area contributed by atoms with Crippen LogP contribution >= 0.6 is 0 Å². The number of nitro groups is 1. The SMILES string of the molecule is O=[N+]([O-])c1ccc(OC2CCCCC2)c(C(F)(F)F)c1. The Morgan fingerprint density at radius 2 is 1.85 bits per heavy atom. The third-order valence-corrected chi connectivity index (χ3v) is 3.33. The Morgan fingerprint density at radius 1 is 1.20 bits per heavy atom. The van der Waals surface area contributed by atoms with E-state index in [9.17, 15) is 23.3 Å². The van der Waals surface area contributed by atoms with Crippen molar-refractivity contribution < 1.29 is 22.8 Å². The van der Waals surface area contributed by atoms with Crippen molar-refractivity contribution in [3.8, 4) is 5.75 Å². The molecule has 4 nitrogen and oxygen atoms in total. The normalized spacial score (nSPS) is 16.9. The van der Waals surface area contributed by atoms with Gasteiger partial charge in [-0.2, -0.15) is 13.2 Å². The first-order chi connectivity index (χ1) is 9.38. The molecule has 0 bridgehead atoms. The maximum Gasteiger partial charge on any atom is 0.420 e. The van der Waals surface area contributed by atoms with Crippen LogP contribution in [0.2, 0.25) is 0 Å². The number of benzene rings is 1. The van der Waals surface area contributed by atoms with Gasteiger partial charge in [0.15, 0.2) is 0 Å². The van der Waals surface area contributed by atoms with Crippen LogP contribution in [0.5, 0.6) is 5.75 Å². The van der Waals surface area contributed by atoms with Gasteiger partial charge in [-0.25, -0.2) is 0 Å². The Bertz CT molecular complexity index is 496. The quantitative estimate of drug-likeness (QED) is 0.615. The third-order valence-electron chi connectivity index (χ3n) is 3.33. The molecule has 1 aromatic carbocycles. The van der Waals surface area contributed by atoms with Crippen LogP contribution in [-0.2, 0) is 6.18 Å². The smallest absolute Gasteiger partial charge is 0.420 e. The summed E-state index contributed by atoms with van der Waals surface area (Å²) in [7, 11) is 0. The Kier molecular flexibility index (Phi) is 4.15. The number of rotatable bonds is 3. The molecule has 0 aromatic heterocycles. The first kappa shape index (κ1) is 14.6. The van der Waals surface area contributed by atoms with Crippen molar-refractivity contribution in [2.75, 3.05) is 0 Å². The molecule has 7 heteroatoms. The molecule has 0 radical (unpaired) electrons. The molecule has 1 saturated carbocycles. The van der Waals surface area contributed by atoms with Gasteiger partial charge in [-0.1, -0.05) is 6.42 Å². The second-order valence-electron chi connectivity index (χ2n) is 4.81. The van der Waals surface area contributed by atoms with Gasteiger partial charge in [0.05, 0.1) is 11.0 Å². The van der Waals surface area contributed by atoms with Crippen LogP contribution in [-0.4, -0.2) is 11.0 Å². The summed E-state index contributed by atoms with van der Waals surface area (Å²) in [6.45, 7) is 0. The number of alkyl halides is 3. The molecule has 0 spiro atoms. The molecule has 0 atom stereocenters. The fourth-order valence-corrected chi connectivity index (χ4v) is 2.32. The van der Waals surface area contributed by atoms with E-state index >= 15 is 0 Å². The van der Waals surface area contributed by atoms with Crippen LogP contribution in [0.4, 0.5) is 18.9 Å². The van der Waals surface area contributed by atoms with Crippen LogP contribution < -0.4 is 4.74 Å². The number of hydrogen-bond donors (Lipinski definition) is 0. The summed E-state index contributed by atoms with van der Waals surface area (Å²) in [5.74, 6) is -0.324. The summed E-state index contributed by atoms with van der Waals surface area (Å²) in [5, 5.41) is 10.6. The number of halogens is 3. The maximum atomic E-state index is 12.9. The van der Waals surface area contributed by atoms with E-state index in [1.807, 2.05) is 0 Å². The minimum absolute atomic E-state index is 0.244. The molecular formula is C13H14F3NO3. The zero-order valence-electron chi connectivity index (χ0n) is 10.7. The highest BCUT2D eigenvalue weighted by atomic mass is 19.4. The first-order valence-corrected chi connectivity index (χ1v) is 6.40. The van der Waals surface area contributed by atoms with Crippen LogP contribution in [0.3, 0.4) is 0 Å². The summed E-state index contributed by atoms with van der Waals surface area (Å²) in [5.41, 5.74) is -1.68. The fraction of sp³-hybridized carbons (Fsp3) is 0.538. The first-order valence-electron chi connectivity index (χ1n) is 6.40. The van der Waals surface area contributed by atoms with Crippen LogP contribution in [0.15, 0.2) is 18.2 Å². The third kappa shape index (κ3) is 3.40.